The first-order valence-corrected chi connectivity index (χ1v) is 9.92. The Balaban J connectivity index is 2.09. The van der Waals surface area contributed by atoms with Crippen molar-refractivity contribution in [3.63, 3.8) is 0 Å². The Labute approximate surface area is 171 Å². The molecule has 5 nitrogen and oxygen atoms in total. The van der Waals surface area contributed by atoms with Crippen LogP contribution in [0.15, 0.2) is 54.6 Å². The Kier molecular flexibility index (Phi) is 8.82. The van der Waals surface area contributed by atoms with Crippen molar-refractivity contribution < 1.29 is 14.3 Å². The molecule has 2 aromatic carbocycles. The van der Waals surface area contributed by atoms with Crippen LogP contribution in [0.25, 0.3) is 0 Å². The van der Waals surface area contributed by atoms with E-state index in [0.29, 0.717) is 36.7 Å². The molecular formula is C22H27ClN2O3. The summed E-state index contributed by atoms with van der Waals surface area (Å²) in [6.07, 6.45) is 1.21. The maximum Gasteiger partial charge on any atom is 0.261 e. The molecule has 0 fully saturated rings. The van der Waals surface area contributed by atoms with Crippen LogP contribution in [0.2, 0.25) is 5.02 Å². The summed E-state index contributed by atoms with van der Waals surface area (Å²) in [5.74, 6) is 0.203. The number of nitrogens with zero attached hydrogens (tertiary/aromatic N) is 1. The number of nitrogens with one attached hydrogen (secondary N) is 1. The second kappa shape index (κ2) is 11.3. The van der Waals surface area contributed by atoms with Crippen LogP contribution in [0.4, 0.5) is 0 Å². The Bertz CT molecular complexity index is 750. The number of carbonyl (C=O) groups excluding carboxylic acids is 2. The van der Waals surface area contributed by atoms with Gasteiger partial charge in [0, 0.05) is 18.1 Å². The van der Waals surface area contributed by atoms with Crippen molar-refractivity contribution in [1.29, 1.82) is 0 Å². The van der Waals surface area contributed by atoms with E-state index in [1.807, 2.05) is 44.2 Å². The predicted molar refractivity (Wildman–Crippen MR) is 112 cm³/mol. The first kappa shape index (κ1) is 21.8. The van der Waals surface area contributed by atoms with Gasteiger partial charge in [0.1, 0.15) is 11.8 Å². The summed E-state index contributed by atoms with van der Waals surface area (Å²) >= 11 is 5.87. The lowest BCUT2D eigenvalue weighted by Gasteiger charge is -2.30. The lowest BCUT2D eigenvalue weighted by molar-refractivity contribution is -0.142. The van der Waals surface area contributed by atoms with E-state index in [4.69, 9.17) is 16.3 Å². The highest BCUT2D eigenvalue weighted by atomic mass is 35.5. The van der Waals surface area contributed by atoms with Gasteiger partial charge in [0.15, 0.2) is 6.61 Å². The minimum Gasteiger partial charge on any atom is -0.484 e. The Morgan fingerprint density at radius 3 is 2.36 bits per heavy atom. The van der Waals surface area contributed by atoms with Crippen LogP contribution in [0.1, 0.15) is 25.8 Å². The quantitative estimate of drug-likeness (QED) is 0.659. The highest BCUT2D eigenvalue weighted by Crippen LogP contribution is 2.16. The van der Waals surface area contributed by atoms with E-state index in [9.17, 15) is 9.59 Å². The zero-order valence-corrected chi connectivity index (χ0v) is 17.1. The maximum absolute atomic E-state index is 12.9. The van der Waals surface area contributed by atoms with Gasteiger partial charge in [0.25, 0.3) is 5.91 Å². The van der Waals surface area contributed by atoms with Crippen molar-refractivity contribution in [2.24, 2.45) is 0 Å². The molecule has 0 aliphatic heterocycles. The molecule has 6 heteroatoms. The molecule has 1 atom stereocenters. The number of rotatable bonds is 10. The second-order valence-corrected chi connectivity index (χ2v) is 6.82. The number of ether oxygens (including phenoxy) is 1. The summed E-state index contributed by atoms with van der Waals surface area (Å²) in [5.41, 5.74) is 1.12. The molecule has 1 unspecified atom stereocenters. The van der Waals surface area contributed by atoms with E-state index in [2.05, 4.69) is 5.32 Å². The molecule has 0 aliphatic rings. The van der Waals surface area contributed by atoms with Crippen molar-refractivity contribution in [2.75, 3.05) is 19.7 Å². The summed E-state index contributed by atoms with van der Waals surface area (Å²) in [4.78, 5) is 27.0. The zero-order chi connectivity index (χ0) is 20.4. The highest BCUT2D eigenvalue weighted by Gasteiger charge is 2.28. The first-order valence-electron chi connectivity index (χ1n) is 9.54. The summed E-state index contributed by atoms with van der Waals surface area (Å²) in [5, 5.41) is 3.42. The molecule has 0 aliphatic carbocycles. The number of hydrogen-bond donors (Lipinski definition) is 1. The Morgan fingerprint density at radius 1 is 1.07 bits per heavy atom. The molecule has 0 spiro atoms. The molecule has 0 saturated carbocycles. The normalized spacial score (nSPS) is 11.5. The average Bonchev–Trinajstić information content (AvgIpc) is 2.71. The third kappa shape index (κ3) is 6.57. The number of amides is 2. The number of likely N-dealkylation sites (N-methyl/N-ethyl adjacent to an activating group) is 1. The van der Waals surface area contributed by atoms with Crippen LogP contribution in [0.5, 0.6) is 5.75 Å². The van der Waals surface area contributed by atoms with Gasteiger partial charge in [-0.25, -0.2) is 0 Å². The van der Waals surface area contributed by atoms with Gasteiger partial charge >= 0.3 is 0 Å². The van der Waals surface area contributed by atoms with E-state index in [1.54, 1.807) is 29.2 Å². The number of benzene rings is 2. The third-order valence-corrected chi connectivity index (χ3v) is 4.65. The minimum atomic E-state index is -0.523. The first-order chi connectivity index (χ1) is 13.5. The summed E-state index contributed by atoms with van der Waals surface area (Å²) < 4.78 is 5.61. The van der Waals surface area contributed by atoms with E-state index >= 15 is 0 Å². The van der Waals surface area contributed by atoms with Gasteiger partial charge in [-0.2, -0.15) is 0 Å². The van der Waals surface area contributed by atoms with E-state index in [0.717, 1.165) is 5.56 Å². The lowest BCUT2D eigenvalue weighted by atomic mass is 10.1. The zero-order valence-electron chi connectivity index (χ0n) is 16.4. The van der Waals surface area contributed by atoms with Gasteiger partial charge in [0.2, 0.25) is 5.91 Å². The Hall–Kier alpha value is -2.53. The van der Waals surface area contributed by atoms with Crippen LogP contribution in [0, 0.1) is 0 Å². The lowest BCUT2D eigenvalue weighted by Crippen LogP contribution is -2.51. The summed E-state index contributed by atoms with van der Waals surface area (Å²) in [7, 11) is 0. The topological polar surface area (TPSA) is 58.6 Å². The fraction of sp³-hybridized carbons (Fsp3) is 0.364. The molecule has 0 bridgehead atoms. The standard InChI is InChI=1S/C22H27ClN2O3/c1-3-20(22(27)24-4-2)25(15-14-17-8-6-5-7-9-17)21(26)16-28-19-12-10-18(23)11-13-19/h5-13,20H,3-4,14-16H2,1-2H3,(H,24,27). The molecule has 0 heterocycles. The largest absolute Gasteiger partial charge is 0.484 e. The van der Waals surface area contributed by atoms with Crippen LogP contribution in [0.3, 0.4) is 0 Å². The van der Waals surface area contributed by atoms with Crippen LogP contribution >= 0.6 is 11.6 Å². The SMILES string of the molecule is CCNC(=O)C(CC)N(CCc1ccccc1)C(=O)COc1ccc(Cl)cc1. The van der Waals surface area contributed by atoms with Gasteiger partial charge in [0.05, 0.1) is 0 Å². The third-order valence-electron chi connectivity index (χ3n) is 4.40. The number of carbonyl (C=O) groups is 2. The fourth-order valence-electron chi connectivity index (χ4n) is 2.95. The van der Waals surface area contributed by atoms with Gasteiger partial charge in [-0.05, 0) is 49.6 Å². The van der Waals surface area contributed by atoms with Gasteiger partial charge < -0.3 is 15.0 Å². The molecular weight excluding hydrogens is 376 g/mol. The minimum absolute atomic E-state index is 0.133. The molecule has 150 valence electrons. The average molecular weight is 403 g/mol. The smallest absolute Gasteiger partial charge is 0.261 e. The van der Waals surface area contributed by atoms with Gasteiger partial charge in [-0.3, -0.25) is 9.59 Å². The maximum atomic E-state index is 12.9. The van der Waals surface area contributed by atoms with E-state index in [-0.39, 0.29) is 18.4 Å². The molecule has 2 amide bonds. The fourth-order valence-corrected chi connectivity index (χ4v) is 3.07. The molecule has 2 aromatic rings. The van der Waals surface area contributed by atoms with Crippen molar-refractivity contribution in [3.8, 4) is 5.75 Å². The molecule has 0 saturated heterocycles. The van der Waals surface area contributed by atoms with E-state index in [1.165, 1.54) is 0 Å². The number of halogens is 1. The van der Waals surface area contributed by atoms with Crippen molar-refractivity contribution in [2.45, 2.75) is 32.7 Å². The van der Waals surface area contributed by atoms with Crippen LogP contribution in [-0.2, 0) is 16.0 Å². The molecule has 0 aromatic heterocycles. The van der Waals surface area contributed by atoms with Crippen molar-refractivity contribution in [3.05, 3.63) is 65.2 Å². The van der Waals surface area contributed by atoms with Crippen molar-refractivity contribution >= 4 is 23.4 Å². The molecule has 0 radical (unpaired) electrons. The highest BCUT2D eigenvalue weighted by molar-refractivity contribution is 6.30. The predicted octanol–water partition coefficient (Wildman–Crippen LogP) is 3.70. The second-order valence-electron chi connectivity index (χ2n) is 6.38. The number of hydrogen-bond acceptors (Lipinski definition) is 3. The monoisotopic (exact) mass is 402 g/mol. The van der Waals surface area contributed by atoms with Gasteiger partial charge in [-0.1, -0.05) is 48.9 Å². The summed E-state index contributed by atoms with van der Waals surface area (Å²) in [6.45, 7) is 4.61. The van der Waals surface area contributed by atoms with Gasteiger partial charge in [-0.15, -0.1) is 0 Å². The Morgan fingerprint density at radius 2 is 1.75 bits per heavy atom. The summed E-state index contributed by atoms with van der Waals surface area (Å²) in [6, 6.07) is 16.2. The van der Waals surface area contributed by atoms with E-state index < -0.39 is 6.04 Å². The van der Waals surface area contributed by atoms with Crippen LogP contribution < -0.4 is 10.1 Å². The molecule has 28 heavy (non-hydrogen) atoms. The molecule has 2 rings (SSSR count). The van der Waals surface area contributed by atoms with Crippen molar-refractivity contribution in [1.82, 2.24) is 10.2 Å². The van der Waals surface area contributed by atoms with Crippen LogP contribution in [-0.4, -0.2) is 42.5 Å². The molecule has 1 N–H and O–H groups in total.